The molecule has 1 aromatic heterocycles. The maximum atomic E-state index is 13.0. The fourth-order valence-corrected chi connectivity index (χ4v) is 5.24. The molecule has 0 saturated carbocycles. The van der Waals surface area contributed by atoms with Gasteiger partial charge in [-0.1, -0.05) is 36.3 Å². The third-order valence-electron chi connectivity index (χ3n) is 5.80. The number of halogens is 3. The zero-order valence-corrected chi connectivity index (χ0v) is 21.2. The van der Waals surface area contributed by atoms with Crippen molar-refractivity contribution in [3.05, 3.63) is 64.6 Å². The van der Waals surface area contributed by atoms with Crippen molar-refractivity contribution >= 4 is 40.3 Å². The summed E-state index contributed by atoms with van der Waals surface area (Å²) in [6.07, 6.45) is 2.24. The Labute approximate surface area is 221 Å². The molecule has 2 aromatic carbocycles. The number of piperidine rings is 1. The van der Waals surface area contributed by atoms with Crippen molar-refractivity contribution in [2.24, 2.45) is 0 Å². The molecule has 0 atom stereocenters. The van der Waals surface area contributed by atoms with E-state index in [1.165, 1.54) is 35.6 Å². The van der Waals surface area contributed by atoms with Crippen LogP contribution in [-0.2, 0) is 0 Å². The number of carbonyl (C=O) groups is 1. The highest BCUT2D eigenvalue weighted by Gasteiger charge is 2.31. The van der Waals surface area contributed by atoms with Gasteiger partial charge in [0.05, 0.1) is 11.6 Å². The van der Waals surface area contributed by atoms with Crippen LogP contribution in [0.5, 0.6) is 5.75 Å². The smallest absolute Gasteiger partial charge is 0.406 e. The lowest BCUT2D eigenvalue weighted by molar-refractivity contribution is -0.274. The molecule has 1 fully saturated rings. The number of amides is 1. The van der Waals surface area contributed by atoms with Crippen LogP contribution in [0.15, 0.2) is 53.9 Å². The Morgan fingerprint density at radius 1 is 1.19 bits per heavy atom. The molecule has 0 bridgehead atoms. The number of benzene rings is 2. The highest BCUT2D eigenvalue weighted by atomic mass is 32.1. The third-order valence-corrected chi connectivity index (χ3v) is 7.21. The van der Waals surface area contributed by atoms with Crippen LogP contribution in [0, 0.1) is 12.3 Å². The fourth-order valence-electron chi connectivity index (χ4n) is 4.01. The van der Waals surface area contributed by atoms with Crippen LogP contribution in [-0.4, -0.2) is 46.9 Å². The van der Waals surface area contributed by atoms with Crippen LogP contribution in [0.3, 0.4) is 0 Å². The molecule has 6 nitrogen and oxygen atoms in total. The summed E-state index contributed by atoms with van der Waals surface area (Å²) >= 11 is 6.82. The molecule has 1 aliphatic heterocycles. The van der Waals surface area contributed by atoms with Crippen molar-refractivity contribution < 1.29 is 22.7 Å². The Morgan fingerprint density at radius 2 is 1.89 bits per heavy atom. The lowest BCUT2D eigenvalue weighted by Gasteiger charge is -2.32. The maximum Gasteiger partial charge on any atom is 0.573 e. The van der Waals surface area contributed by atoms with Crippen molar-refractivity contribution in [1.82, 2.24) is 15.2 Å². The molecule has 0 unspecified atom stereocenters. The number of hydrogen-bond donors (Lipinski definition) is 2. The number of hydrogen-bond acceptors (Lipinski definition) is 5. The summed E-state index contributed by atoms with van der Waals surface area (Å²) in [5.41, 5.74) is 2.13. The monoisotopic (exact) mass is 544 g/mol. The summed E-state index contributed by atoms with van der Waals surface area (Å²) in [5.74, 6) is 2.08. The molecule has 1 aliphatic rings. The molecule has 11 heteroatoms. The quantitative estimate of drug-likeness (QED) is 0.309. The molecule has 1 amide bonds. The number of thiazole rings is 1. The lowest BCUT2D eigenvalue weighted by atomic mass is 9.98. The highest BCUT2D eigenvalue weighted by Crippen LogP contribution is 2.33. The van der Waals surface area contributed by atoms with Gasteiger partial charge in [0.1, 0.15) is 11.4 Å². The SMILES string of the molecule is C#CCNC(=S)N1CCC(c2nc(C(=O)Nc3ccccc3-c3ccc(OC(F)(F)F)cc3)cs2)CC1. The summed E-state index contributed by atoms with van der Waals surface area (Å²) in [7, 11) is 0. The van der Waals surface area contributed by atoms with Crippen LogP contribution < -0.4 is 15.4 Å². The van der Waals surface area contributed by atoms with Crippen LogP contribution in [0.2, 0.25) is 0 Å². The molecule has 3 aromatic rings. The van der Waals surface area contributed by atoms with E-state index in [1.807, 2.05) is 0 Å². The molecule has 0 spiro atoms. The molecular formula is C26H23F3N4O2S2. The van der Waals surface area contributed by atoms with E-state index in [0.29, 0.717) is 34.2 Å². The molecule has 0 aliphatic carbocycles. The predicted octanol–water partition coefficient (Wildman–Crippen LogP) is 5.65. The second-order valence-electron chi connectivity index (χ2n) is 8.27. The number of para-hydroxylation sites is 1. The highest BCUT2D eigenvalue weighted by molar-refractivity contribution is 7.80. The number of likely N-dealkylation sites (tertiary alicyclic amines) is 1. The number of alkyl halides is 3. The van der Waals surface area contributed by atoms with Gasteiger partial charge in [-0.05, 0) is 48.8 Å². The Hall–Kier alpha value is -3.62. The number of terminal acetylenes is 1. The first kappa shape index (κ1) is 26.4. The Bertz CT molecular complexity index is 1290. The Morgan fingerprint density at radius 3 is 2.57 bits per heavy atom. The van der Waals surface area contributed by atoms with Crippen molar-refractivity contribution in [3.63, 3.8) is 0 Å². The van der Waals surface area contributed by atoms with Gasteiger partial charge in [0.25, 0.3) is 5.91 Å². The van der Waals surface area contributed by atoms with E-state index in [0.717, 1.165) is 30.9 Å². The van der Waals surface area contributed by atoms with E-state index >= 15 is 0 Å². The number of ether oxygens (including phenoxy) is 1. The molecule has 1 saturated heterocycles. The Kier molecular flexibility index (Phi) is 8.31. The normalized spacial score (nSPS) is 14.1. The number of thiocarbonyl (C=S) groups is 1. The zero-order chi connectivity index (χ0) is 26.4. The van der Waals surface area contributed by atoms with E-state index in [9.17, 15) is 18.0 Å². The number of nitrogens with zero attached hydrogens (tertiary/aromatic N) is 2. The van der Waals surface area contributed by atoms with Crippen molar-refractivity contribution in [2.45, 2.75) is 25.1 Å². The summed E-state index contributed by atoms with van der Waals surface area (Å²) in [6, 6.07) is 12.5. The molecule has 4 rings (SSSR count). The molecule has 0 radical (unpaired) electrons. The van der Waals surface area contributed by atoms with Gasteiger partial charge < -0.3 is 20.3 Å². The lowest BCUT2D eigenvalue weighted by Crippen LogP contribution is -2.44. The van der Waals surface area contributed by atoms with E-state index in [-0.39, 0.29) is 17.6 Å². The van der Waals surface area contributed by atoms with Gasteiger partial charge in [0, 0.05) is 35.6 Å². The number of rotatable bonds is 6. The van der Waals surface area contributed by atoms with E-state index in [4.69, 9.17) is 18.6 Å². The first-order valence-corrected chi connectivity index (χ1v) is 12.7. The topological polar surface area (TPSA) is 66.5 Å². The van der Waals surface area contributed by atoms with Gasteiger partial charge in [-0.3, -0.25) is 4.79 Å². The molecule has 37 heavy (non-hydrogen) atoms. The van der Waals surface area contributed by atoms with Crippen LogP contribution in [0.1, 0.15) is 34.3 Å². The number of aromatic nitrogens is 1. The van der Waals surface area contributed by atoms with Crippen LogP contribution in [0.25, 0.3) is 11.1 Å². The van der Waals surface area contributed by atoms with E-state index < -0.39 is 6.36 Å². The minimum Gasteiger partial charge on any atom is -0.406 e. The standard InChI is InChI=1S/C26H23F3N4O2S2/c1-2-13-30-25(36)33-14-11-18(12-15-33)24-32-22(16-37-24)23(34)31-21-6-4-3-5-20(21)17-7-9-19(10-8-17)35-26(27,28)29/h1,3-10,16,18H,11-15H2,(H,30,36)(H,31,34). The third kappa shape index (κ3) is 6.99. The second-order valence-corrected chi connectivity index (χ2v) is 9.54. The average Bonchev–Trinajstić information content (AvgIpc) is 3.38. The van der Waals surface area contributed by atoms with E-state index in [2.05, 4.69) is 31.2 Å². The molecule has 2 N–H and O–H groups in total. The minimum absolute atomic E-state index is 0.239. The number of nitrogens with one attached hydrogen (secondary N) is 2. The maximum absolute atomic E-state index is 13.0. The van der Waals surface area contributed by atoms with E-state index in [1.54, 1.807) is 29.6 Å². The van der Waals surface area contributed by atoms with Gasteiger partial charge >= 0.3 is 6.36 Å². The molecular weight excluding hydrogens is 521 g/mol. The minimum atomic E-state index is -4.76. The van der Waals surface area contributed by atoms with Gasteiger partial charge in [-0.2, -0.15) is 0 Å². The van der Waals surface area contributed by atoms with Gasteiger partial charge in [0.15, 0.2) is 5.11 Å². The fraction of sp³-hybridized carbons (Fsp3) is 0.269. The largest absolute Gasteiger partial charge is 0.573 e. The van der Waals surface area contributed by atoms with Gasteiger partial charge in [0.2, 0.25) is 0 Å². The van der Waals surface area contributed by atoms with Crippen LogP contribution >= 0.6 is 23.6 Å². The van der Waals surface area contributed by atoms with Gasteiger partial charge in [-0.15, -0.1) is 30.9 Å². The molecule has 192 valence electrons. The summed E-state index contributed by atoms with van der Waals surface area (Å²) in [4.78, 5) is 19.7. The number of anilines is 1. The average molecular weight is 545 g/mol. The van der Waals surface area contributed by atoms with Crippen LogP contribution in [0.4, 0.5) is 18.9 Å². The van der Waals surface area contributed by atoms with Crippen molar-refractivity contribution in [3.8, 4) is 29.2 Å². The molecule has 2 heterocycles. The van der Waals surface area contributed by atoms with Crippen molar-refractivity contribution in [2.75, 3.05) is 25.0 Å². The number of carbonyl (C=O) groups excluding carboxylic acids is 1. The van der Waals surface area contributed by atoms with Gasteiger partial charge in [-0.25, -0.2) is 4.98 Å². The summed E-state index contributed by atoms with van der Waals surface area (Å²) in [6.45, 7) is 1.95. The Balaban J connectivity index is 1.40. The first-order valence-electron chi connectivity index (χ1n) is 11.4. The first-order chi connectivity index (χ1) is 17.7. The summed E-state index contributed by atoms with van der Waals surface area (Å²) < 4.78 is 41.3. The zero-order valence-electron chi connectivity index (χ0n) is 19.5. The summed E-state index contributed by atoms with van der Waals surface area (Å²) in [5, 5.41) is 9.20. The van der Waals surface area contributed by atoms with Crippen molar-refractivity contribution in [1.29, 1.82) is 0 Å². The second kappa shape index (κ2) is 11.6. The predicted molar refractivity (Wildman–Crippen MR) is 142 cm³/mol.